The Kier molecular flexibility index (Phi) is 4.55. The van der Waals surface area contributed by atoms with E-state index in [9.17, 15) is 9.59 Å². The number of likely N-dealkylation sites (N-methyl/N-ethyl adjacent to an activating group) is 1. The average Bonchev–Trinajstić information content (AvgIpc) is 3.05. The Morgan fingerprint density at radius 2 is 1.87 bits per heavy atom. The van der Waals surface area contributed by atoms with Crippen LogP contribution in [-0.2, 0) is 4.74 Å². The molecular formula is C22H21N5O3. The summed E-state index contributed by atoms with van der Waals surface area (Å²) in [6, 6.07) is 12.6. The van der Waals surface area contributed by atoms with E-state index in [1.165, 1.54) is 4.90 Å². The molecule has 1 unspecified atom stereocenters. The standard InChI is InChI=1S/C22H21N5O3/c1-25-10-12-26(13-11-25)22(29)30-21-17-5-3-2-4-16(17)20(28)27(21)19-7-6-15-14-23-9-8-18(15)24-19/h2-9,14,21H,10-13H2,1H3. The first-order chi connectivity index (χ1) is 14.6. The van der Waals surface area contributed by atoms with Gasteiger partial charge in [0.05, 0.1) is 5.52 Å². The molecule has 0 aliphatic carbocycles. The lowest BCUT2D eigenvalue weighted by atomic mass is 10.1. The fourth-order valence-electron chi connectivity index (χ4n) is 3.87. The molecule has 0 N–H and O–H groups in total. The zero-order valence-electron chi connectivity index (χ0n) is 16.6. The number of nitrogens with zero attached hydrogens (tertiary/aromatic N) is 5. The van der Waals surface area contributed by atoms with Crippen LogP contribution in [0.25, 0.3) is 10.9 Å². The van der Waals surface area contributed by atoms with Crippen LogP contribution < -0.4 is 4.90 Å². The first-order valence-electron chi connectivity index (χ1n) is 9.89. The van der Waals surface area contributed by atoms with Crippen molar-refractivity contribution in [2.75, 3.05) is 38.1 Å². The maximum atomic E-state index is 13.2. The van der Waals surface area contributed by atoms with E-state index in [4.69, 9.17) is 4.74 Å². The Balaban J connectivity index is 1.50. The molecule has 152 valence electrons. The minimum Gasteiger partial charge on any atom is -0.420 e. The Hall–Kier alpha value is -3.52. The van der Waals surface area contributed by atoms with Gasteiger partial charge in [0.25, 0.3) is 5.91 Å². The Morgan fingerprint density at radius 1 is 1.07 bits per heavy atom. The second-order valence-electron chi connectivity index (χ2n) is 7.53. The van der Waals surface area contributed by atoms with E-state index in [1.54, 1.807) is 41.6 Å². The van der Waals surface area contributed by atoms with Gasteiger partial charge in [-0.1, -0.05) is 18.2 Å². The van der Waals surface area contributed by atoms with E-state index in [2.05, 4.69) is 14.9 Å². The number of carbonyl (C=O) groups is 2. The van der Waals surface area contributed by atoms with E-state index in [-0.39, 0.29) is 5.91 Å². The molecule has 0 saturated carbocycles. The first kappa shape index (κ1) is 18.5. The van der Waals surface area contributed by atoms with Crippen LogP contribution in [0.2, 0.25) is 0 Å². The SMILES string of the molecule is CN1CCN(C(=O)OC2c3ccccc3C(=O)N2c2ccc3cnccc3n2)CC1. The van der Waals surface area contributed by atoms with Crippen molar-refractivity contribution < 1.29 is 14.3 Å². The van der Waals surface area contributed by atoms with Gasteiger partial charge in [0.2, 0.25) is 6.23 Å². The maximum absolute atomic E-state index is 13.2. The van der Waals surface area contributed by atoms with Crippen LogP contribution in [0, 0.1) is 0 Å². The zero-order valence-corrected chi connectivity index (χ0v) is 16.6. The lowest BCUT2D eigenvalue weighted by Crippen LogP contribution is -2.48. The normalized spacial score (nSPS) is 19.2. The number of aromatic nitrogens is 2. The number of fused-ring (bicyclic) bond motifs is 2. The summed E-state index contributed by atoms with van der Waals surface area (Å²) in [4.78, 5) is 40.1. The third-order valence-corrected chi connectivity index (χ3v) is 5.61. The molecule has 5 rings (SSSR count). The van der Waals surface area contributed by atoms with Gasteiger partial charge in [-0.25, -0.2) is 9.78 Å². The van der Waals surface area contributed by atoms with Crippen molar-refractivity contribution in [3.05, 3.63) is 66.0 Å². The van der Waals surface area contributed by atoms with Gasteiger partial charge >= 0.3 is 6.09 Å². The predicted molar refractivity (Wildman–Crippen MR) is 111 cm³/mol. The van der Waals surface area contributed by atoms with Crippen molar-refractivity contribution in [3.63, 3.8) is 0 Å². The lowest BCUT2D eigenvalue weighted by molar-refractivity contribution is 0.0489. The van der Waals surface area contributed by atoms with Gasteiger partial charge in [-0.2, -0.15) is 0 Å². The van der Waals surface area contributed by atoms with E-state index in [1.807, 2.05) is 25.2 Å². The number of piperazine rings is 1. The van der Waals surface area contributed by atoms with Crippen molar-refractivity contribution in [3.8, 4) is 0 Å². The summed E-state index contributed by atoms with van der Waals surface area (Å²) in [7, 11) is 2.03. The maximum Gasteiger partial charge on any atom is 0.412 e. The van der Waals surface area contributed by atoms with E-state index in [0.717, 1.165) is 24.0 Å². The van der Waals surface area contributed by atoms with Gasteiger partial charge in [-0.15, -0.1) is 0 Å². The van der Waals surface area contributed by atoms with Crippen LogP contribution in [-0.4, -0.2) is 65.0 Å². The fraction of sp³-hybridized carbons (Fsp3) is 0.273. The number of rotatable bonds is 2. The summed E-state index contributed by atoms with van der Waals surface area (Å²) in [6.07, 6.45) is 2.10. The summed E-state index contributed by atoms with van der Waals surface area (Å²) in [6.45, 7) is 2.77. The number of amides is 2. The summed E-state index contributed by atoms with van der Waals surface area (Å²) in [5, 5.41) is 0.872. The second kappa shape index (κ2) is 7.38. The summed E-state index contributed by atoms with van der Waals surface area (Å²) < 4.78 is 5.88. The topological polar surface area (TPSA) is 78.9 Å². The number of carbonyl (C=O) groups excluding carboxylic acids is 2. The number of hydrogen-bond donors (Lipinski definition) is 0. The molecule has 1 aromatic carbocycles. The molecule has 1 fully saturated rings. The lowest BCUT2D eigenvalue weighted by Gasteiger charge is -2.33. The third-order valence-electron chi connectivity index (χ3n) is 5.61. The highest BCUT2D eigenvalue weighted by molar-refractivity contribution is 6.10. The molecule has 2 amide bonds. The fourth-order valence-corrected chi connectivity index (χ4v) is 3.87. The van der Waals surface area contributed by atoms with Crippen LogP contribution in [0.1, 0.15) is 22.1 Å². The number of hydrogen-bond acceptors (Lipinski definition) is 6. The quantitative estimate of drug-likeness (QED) is 0.655. The molecular weight excluding hydrogens is 382 g/mol. The van der Waals surface area contributed by atoms with Crippen LogP contribution in [0.3, 0.4) is 0 Å². The van der Waals surface area contributed by atoms with Crippen LogP contribution >= 0.6 is 0 Å². The molecule has 1 atom stereocenters. The number of benzene rings is 1. The van der Waals surface area contributed by atoms with Gasteiger partial charge in [0.1, 0.15) is 5.82 Å². The van der Waals surface area contributed by atoms with Crippen LogP contribution in [0.4, 0.5) is 10.6 Å². The van der Waals surface area contributed by atoms with E-state index in [0.29, 0.717) is 30.0 Å². The molecule has 4 heterocycles. The molecule has 1 saturated heterocycles. The first-order valence-corrected chi connectivity index (χ1v) is 9.89. The van der Waals surface area contributed by atoms with Gasteiger partial charge in [-0.05, 0) is 31.3 Å². The zero-order chi connectivity index (χ0) is 20.7. The van der Waals surface area contributed by atoms with E-state index < -0.39 is 12.3 Å². The van der Waals surface area contributed by atoms with Crippen molar-refractivity contribution in [1.29, 1.82) is 0 Å². The molecule has 30 heavy (non-hydrogen) atoms. The number of anilines is 1. The van der Waals surface area contributed by atoms with Crippen LogP contribution in [0.5, 0.6) is 0 Å². The van der Waals surface area contributed by atoms with Gasteiger partial charge in [0.15, 0.2) is 0 Å². The molecule has 2 aliphatic rings. The predicted octanol–water partition coefficient (Wildman–Crippen LogP) is 2.67. The Morgan fingerprint density at radius 3 is 2.70 bits per heavy atom. The second-order valence-corrected chi connectivity index (χ2v) is 7.53. The van der Waals surface area contributed by atoms with Crippen molar-refractivity contribution in [2.45, 2.75) is 6.23 Å². The molecule has 2 aromatic heterocycles. The smallest absolute Gasteiger partial charge is 0.412 e. The van der Waals surface area contributed by atoms with Gasteiger partial charge in [-0.3, -0.25) is 14.7 Å². The molecule has 0 spiro atoms. The number of pyridine rings is 2. The summed E-state index contributed by atoms with van der Waals surface area (Å²) >= 11 is 0. The van der Waals surface area contributed by atoms with Crippen LogP contribution in [0.15, 0.2) is 54.9 Å². The largest absolute Gasteiger partial charge is 0.420 e. The molecule has 8 heteroatoms. The Labute approximate surface area is 173 Å². The van der Waals surface area contributed by atoms with Crippen molar-refractivity contribution >= 4 is 28.7 Å². The minimum atomic E-state index is -0.854. The summed E-state index contributed by atoms with van der Waals surface area (Å²) in [5.74, 6) is 0.203. The van der Waals surface area contributed by atoms with E-state index >= 15 is 0 Å². The average molecular weight is 403 g/mol. The molecule has 0 radical (unpaired) electrons. The highest BCUT2D eigenvalue weighted by Gasteiger charge is 2.41. The molecule has 2 aliphatic heterocycles. The molecule has 3 aromatic rings. The number of ether oxygens (including phenoxy) is 1. The van der Waals surface area contributed by atoms with Crippen molar-refractivity contribution in [1.82, 2.24) is 19.8 Å². The van der Waals surface area contributed by atoms with Crippen molar-refractivity contribution in [2.24, 2.45) is 0 Å². The van der Waals surface area contributed by atoms with Gasteiger partial charge < -0.3 is 14.5 Å². The summed E-state index contributed by atoms with van der Waals surface area (Å²) in [5.41, 5.74) is 1.90. The minimum absolute atomic E-state index is 0.234. The van der Waals surface area contributed by atoms with Gasteiger partial charge in [0, 0.05) is 55.1 Å². The molecule has 8 nitrogen and oxygen atoms in total. The third kappa shape index (κ3) is 3.15. The highest BCUT2D eigenvalue weighted by Crippen LogP contribution is 2.38. The monoisotopic (exact) mass is 403 g/mol. The molecule has 0 bridgehead atoms. The Bertz CT molecular complexity index is 1130. The highest BCUT2D eigenvalue weighted by atomic mass is 16.6.